The summed E-state index contributed by atoms with van der Waals surface area (Å²) in [5.74, 6) is -1.73. The topological polar surface area (TPSA) is 24.9 Å². The lowest BCUT2D eigenvalue weighted by molar-refractivity contribution is 0.509. The van der Waals surface area contributed by atoms with Crippen molar-refractivity contribution in [2.24, 2.45) is 0 Å². The highest BCUT2D eigenvalue weighted by Gasteiger charge is 2.07. The number of aromatic nitrogens is 1. The van der Waals surface area contributed by atoms with E-state index in [1.807, 2.05) is 12.1 Å². The number of benzene rings is 2. The fourth-order valence-electron chi connectivity index (χ4n) is 1.94. The average Bonchev–Trinajstić information content (AvgIpc) is 2.84. The van der Waals surface area contributed by atoms with Gasteiger partial charge < -0.3 is 5.32 Å². The van der Waals surface area contributed by atoms with E-state index in [4.69, 9.17) is 0 Å². The summed E-state index contributed by atoms with van der Waals surface area (Å²) in [5.41, 5.74) is 2.64. The third-order valence-electron chi connectivity index (χ3n) is 3.03. The highest BCUT2D eigenvalue weighted by Crippen LogP contribution is 2.29. The highest BCUT2D eigenvalue weighted by molar-refractivity contribution is 7.22. The SMILES string of the molecule is CCc1ccc2nc(Nc3ccc(F)c(F)c3)sc2c1. The molecule has 2 nitrogen and oxygen atoms in total. The van der Waals surface area contributed by atoms with Crippen LogP contribution in [0, 0.1) is 11.6 Å². The Bertz CT molecular complexity index is 768. The molecule has 1 heterocycles. The summed E-state index contributed by atoms with van der Waals surface area (Å²) in [6, 6.07) is 9.83. The fraction of sp³-hybridized carbons (Fsp3) is 0.133. The first-order chi connectivity index (χ1) is 9.65. The molecule has 3 rings (SSSR count). The molecule has 0 saturated heterocycles. The Morgan fingerprint density at radius 3 is 2.70 bits per heavy atom. The second-order valence-corrected chi connectivity index (χ2v) is 5.46. The van der Waals surface area contributed by atoms with Gasteiger partial charge in [-0.05, 0) is 36.2 Å². The number of rotatable bonds is 3. The number of nitrogens with one attached hydrogen (secondary N) is 1. The Kier molecular flexibility index (Phi) is 3.36. The molecule has 20 heavy (non-hydrogen) atoms. The van der Waals surface area contributed by atoms with Gasteiger partial charge in [-0.2, -0.15) is 0 Å². The van der Waals surface area contributed by atoms with Crippen molar-refractivity contribution in [3.8, 4) is 0 Å². The van der Waals surface area contributed by atoms with Crippen molar-refractivity contribution in [1.82, 2.24) is 4.98 Å². The smallest absolute Gasteiger partial charge is 0.188 e. The third-order valence-corrected chi connectivity index (χ3v) is 3.97. The molecule has 0 fully saturated rings. The molecule has 0 spiro atoms. The lowest BCUT2D eigenvalue weighted by Gasteiger charge is -2.02. The van der Waals surface area contributed by atoms with Crippen molar-refractivity contribution in [2.75, 3.05) is 5.32 Å². The Morgan fingerprint density at radius 1 is 1.10 bits per heavy atom. The zero-order valence-corrected chi connectivity index (χ0v) is 11.6. The number of fused-ring (bicyclic) bond motifs is 1. The Morgan fingerprint density at radius 2 is 1.95 bits per heavy atom. The standard InChI is InChI=1S/C15H12F2N2S/c1-2-9-3-6-13-14(7-9)20-15(19-13)18-10-4-5-11(16)12(17)8-10/h3-8H,2H2,1H3,(H,18,19). The minimum atomic E-state index is -0.871. The maximum absolute atomic E-state index is 13.2. The molecule has 0 unspecified atom stereocenters. The number of aryl methyl sites for hydroxylation is 1. The molecule has 0 atom stereocenters. The first kappa shape index (κ1) is 13.0. The first-order valence-electron chi connectivity index (χ1n) is 6.27. The number of halogens is 2. The van der Waals surface area contributed by atoms with E-state index in [-0.39, 0.29) is 0 Å². The zero-order chi connectivity index (χ0) is 14.1. The van der Waals surface area contributed by atoms with Crippen LogP contribution in [0.3, 0.4) is 0 Å². The number of hydrogen-bond acceptors (Lipinski definition) is 3. The molecule has 3 aromatic rings. The number of hydrogen-bond donors (Lipinski definition) is 1. The minimum Gasteiger partial charge on any atom is -0.331 e. The van der Waals surface area contributed by atoms with Crippen molar-refractivity contribution in [1.29, 1.82) is 0 Å². The summed E-state index contributed by atoms with van der Waals surface area (Å²) in [5, 5.41) is 3.67. The van der Waals surface area contributed by atoms with Crippen LogP contribution in [0.15, 0.2) is 36.4 Å². The van der Waals surface area contributed by atoms with E-state index in [1.54, 1.807) is 0 Å². The summed E-state index contributed by atoms with van der Waals surface area (Å²) in [7, 11) is 0. The van der Waals surface area contributed by atoms with Gasteiger partial charge in [0.05, 0.1) is 10.2 Å². The molecule has 0 amide bonds. The van der Waals surface area contributed by atoms with E-state index >= 15 is 0 Å². The fourth-order valence-corrected chi connectivity index (χ4v) is 2.89. The van der Waals surface area contributed by atoms with E-state index in [2.05, 4.69) is 23.3 Å². The van der Waals surface area contributed by atoms with Crippen molar-refractivity contribution >= 4 is 32.4 Å². The van der Waals surface area contributed by atoms with Crippen molar-refractivity contribution in [2.45, 2.75) is 13.3 Å². The van der Waals surface area contributed by atoms with Crippen LogP contribution in [0.25, 0.3) is 10.2 Å². The largest absolute Gasteiger partial charge is 0.331 e. The summed E-state index contributed by atoms with van der Waals surface area (Å²) in [4.78, 5) is 4.43. The molecular formula is C15H12F2N2S. The average molecular weight is 290 g/mol. The van der Waals surface area contributed by atoms with Gasteiger partial charge in [0.1, 0.15) is 0 Å². The second-order valence-electron chi connectivity index (χ2n) is 4.43. The quantitative estimate of drug-likeness (QED) is 0.743. The summed E-state index contributed by atoms with van der Waals surface area (Å²) >= 11 is 1.49. The van der Waals surface area contributed by atoms with Gasteiger partial charge in [-0.3, -0.25) is 0 Å². The van der Waals surface area contributed by atoms with Crippen LogP contribution >= 0.6 is 11.3 Å². The molecule has 1 N–H and O–H groups in total. The monoisotopic (exact) mass is 290 g/mol. The van der Waals surface area contributed by atoms with Gasteiger partial charge in [0.15, 0.2) is 16.8 Å². The van der Waals surface area contributed by atoms with E-state index in [0.29, 0.717) is 10.8 Å². The van der Waals surface area contributed by atoms with Crippen molar-refractivity contribution < 1.29 is 8.78 Å². The molecule has 0 saturated carbocycles. The minimum absolute atomic E-state index is 0.485. The molecule has 0 aliphatic heterocycles. The van der Waals surface area contributed by atoms with Gasteiger partial charge in [0.25, 0.3) is 0 Å². The van der Waals surface area contributed by atoms with E-state index in [1.165, 1.54) is 23.0 Å². The van der Waals surface area contributed by atoms with Crippen LogP contribution in [0.4, 0.5) is 19.6 Å². The molecule has 2 aromatic carbocycles. The van der Waals surface area contributed by atoms with E-state index in [0.717, 1.165) is 28.8 Å². The predicted molar refractivity (Wildman–Crippen MR) is 78.6 cm³/mol. The van der Waals surface area contributed by atoms with Gasteiger partial charge in [-0.25, -0.2) is 13.8 Å². The van der Waals surface area contributed by atoms with Crippen LogP contribution in [0.5, 0.6) is 0 Å². The zero-order valence-electron chi connectivity index (χ0n) is 10.8. The lowest BCUT2D eigenvalue weighted by Crippen LogP contribution is -1.91. The van der Waals surface area contributed by atoms with Gasteiger partial charge in [-0.1, -0.05) is 24.3 Å². The van der Waals surface area contributed by atoms with Gasteiger partial charge in [0, 0.05) is 11.8 Å². The first-order valence-corrected chi connectivity index (χ1v) is 7.09. The second kappa shape index (κ2) is 5.17. The summed E-state index contributed by atoms with van der Waals surface area (Å²) in [6.45, 7) is 2.10. The molecule has 0 aliphatic carbocycles. The molecule has 0 aliphatic rings. The van der Waals surface area contributed by atoms with Crippen LogP contribution in [-0.4, -0.2) is 4.98 Å². The van der Waals surface area contributed by atoms with Gasteiger partial charge in [0.2, 0.25) is 0 Å². The number of thiazole rings is 1. The summed E-state index contributed by atoms with van der Waals surface area (Å²) in [6.07, 6.45) is 0.972. The third kappa shape index (κ3) is 2.49. The maximum atomic E-state index is 13.2. The Hall–Kier alpha value is -2.01. The van der Waals surface area contributed by atoms with Crippen LogP contribution < -0.4 is 5.32 Å². The predicted octanol–water partition coefficient (Wildman–Crippen LogP) is 4.88. The van der Waals surface area contributed by atoms with Crippen LogP contribution in [0.1, 0.15) is 12.5 Å². The molecule has 1 aromatic heterocycles. The molecule has 0 radical (unpaired) electrons. The van der Waals surface area contributed by atoms with Gasteiger partial charge in [-0.15, -0.1) is 0 Å². The van der Waals surface area contributed by atoms with Crippen molar-refractivity contribution in [3.05, 3.63) is 53.6 Å². The van der Waals surface area contributed by atoms with Crippen molar-refractivity contribution in [3.63, 3.8) is 0 Å². The number of anilines is 2. The number of nitrogens with zero attached hydrogens (tertiary/aromatic N) is 1. The molecular weight excluding hydrogens is 278 g/mol. The normalized spacial score (nSPS) is 10.9. The maximum Gasteiger partial charge on any atom is 0.188 e. The molecule has 0 bridgehead atoms. The van der Waals surface area contributed by atoms with Crippen LogP contribution in [0.2, 0.25) is 0 Å². The Balaban J connectivity index is 1.92. The molecule has 102 valence electrons. The molecule has 5 heteroatoms. The summed E-state index contributed by atoms with van der Waals surface area (Å²) < 4.78 is 27.1. The highest BCUT2D eigenvalue weighted by atomic mass is 32.1. The van der Waals surface area contributed by atoms with E-state index in [9.17, 15) is 8.78 Å². The van der Waals surface area contributed by atoms with E-state index < -0.39 is 11.6 Å². The lowest BCUT2D eigenvalue weighted by atomic mass is 10.2. The van der Waals surface area contributed by atoms with Crippen LogP contribution in [-0.2, 0) is 6.42 Å². The van der Waals surface area contributed by atoms with Gasteiger partial charge >= 0.3 is 0 Å². The Labute approximate surface area is 119 Å².